The number of fused-ring (bicyclic) bond motifs is 2. The Balaban J connectivity index is 1.13. The molecule has 0 unspecified atom stereocenters. The molecule has 5 rings (SSSR count). The number of piperazine rings is 1. The predicted octanol–water partition coefficient (Wildman–Crippen LogP) is 3.95. The van der Waals surface area contributed by atoms with E-state index in [1.165, 1.54) is 18.2 Å². The second-order valence-corrected chi connectivity index (χ2v) is 8.27. The zero-order valence-corrected chi connectivity index (χ0v) is 17.7. The van der Waals surface area contributed by atoms with Crippen LogP contribution in [-0.4, -0.2) is 50.1 Å². The monoisotopic (exact) mass is 437 g/mol. The number of ether oxygens (including phenoxy) is 1. The molecular weight excluding hydrogens is 412 g/mol. The Morgan fingerprint density at radius 3 is 2.56 bits per heavy atom. The van der Waals surface area contributed by atoms with Crippen LogP contribution in [0.25, 0.3) is 10.8 Å². The predicted molar refractivity (Wildman–Crippen MR) is 120 cm³/mol. The van der Waals surface area contributed by atoms with Crippen LogP contribution in [0.5, 0.6) is 5.75 Å². The Morgan fingerprint density at radius 2 is 1.75 bits per heavy atom. The third kappa shape index (κ3) is 4.00. The molecule has 0 saturated carbocycles. The summed E-state index contributed by atoms with van der Waals surface area (Å²) in [5, 5.41) is 4.28. The van der Waals surface area contributed by atoms with E-state index in [0.29, 0.717) is 29.7 Å². The van der Waals surface area contributed by atoms with Crippen LogP contribution in [0.3, 0.4) is 0 Å². The van der Waals surface area contributed by atoms with Crippen molar-refractivity contribution in [3.63, 3.8) is 0 Å². The number of nitrogens with one attached hydrogen (secondary N) is 1. The molecule has 2 aliphatic rings. The molecule has 3 aromatic rings. The van der Waals surface area contributed by atoms with Gasteiger partial charge in [0.05, 0.1) is 6.61 Å². The normalized spacial score (nSPS) is 16.3. The van der Waals surface area contributed by atoms with E-state index < -0.39 is 5.82 Å². The molecule has 2 aliphatic heterocycles. The van der Waals surface area contributed by atoms with Crippen LogP contribution in [0.2, 0.25) is 0 Å². The fraction of sp³-hybridized carbons (Fsp3) is 0.320. The van der Waals surface area contributed by atoms with E-state index >= 15 is 0 Å². The maximum atomic E-state index is 14.4. The number of nitrogens with zero attached hydrogens (tertiary/aromatic N) is 2. The lowest BCUT2D eigenvalue weighted by molar-refractivity contribution is 0.0965. The molecule has 0 aromatic heterocycles. The molecule has 0 bridgehead atoms. The standard InChI is InChI=1S/C25H25F2N3O2/c26-20-6-1-4-17-5-2-7-22(24(17)20)30-11-9-29(10-12-30)8-3-13-32-23-15-19-18(14-21(23)27)16-28-25(19)31/h1-2,4-7,14-15H,3,8-13,16H2,(H,28,31). The van der Waals surface area contributed by atoms with E-state index in [1.807, 2.05) is 24.3 Å². The number of amides is 1. The number of halogens is 2. The van der Waals surface area contributed by atoms with E-state index in [4.69, 9.17) is 4.74 Å². The summed E-state index contributed by atoms with van der Waals surface area (Å²) in [6.45, 7) is 4.97. The smallest absolute Gasteiger partial charge is 0.252 e. The van der Waals surface area contributed by atoms with Gasteiger partial charge >= 0.3 is 0 Å². The lowest BCUT2D eigenvalue weighted by Gasteiger charge is -2.36. The van der Waals surface area contributed by atoms with Gasteiger partial charge in [0, 0.05) is 55.9 Å². The number of rotatable bonds is 6. The highest BCUT2D eigenvalue weighted by atomic mass is 19.1. The minimum absolute atomic E-state index is 0.128. The van der Waals surface area contributed by atoms with E-state index in [9.17, 15) is 13.6 Å². The van der Waals surface area contributed by atoms with Gasteiger partial charge in [0.1, 0.15) is 5.82 Å². The number of hydrogen-bond acceptors (Lipinski definition) is 4. The fourth-order valence-electron chi connectivity index (χ4n) is 4.56. The van der Waals surface area contributed by atoms with Gasteiger partial charge in [-0.2, -0.15) is 0 Å². The van der Waals surface area contributed by atoms with Gasteiger partial charge in [-0.15, -0.1) is 0 Å². The summed E-state index contributed by atoms with van der Waals surface area (Å²) in [5.74, 6) is -0.678. The number of anilines is 1. The van der Waals surface area contributed by atoms with Crippen molar-refractivity contribution >= 4 is 22.4 Å². The van der Waals surface area contributed by atoms with Crippen LogP contribution >= 0.6 is 0 Å². The van der Waals surface area contributed by atoms with Crippen LogP contribution in [0.15, 0.2) is 48.5 Å². The third-order valence-electron chi connectivity index (χ3n) is 6.26. The highest BCUT2D eigenvalue weighted by Crippen LogP contribution is 2.30. The number of benzene rings is 3. The van der Waals surface area contributed by atoms with Crippen LogP contribution in [0, 0.1) is 11.6 Å². The van der Waals surface area contributed by atoms with Crippen LogP contribution in [0.4, 0.5) is 14.5 Å². The molecule has 0 atom stereocenters. The average molecular weight is 437 g/mol. The van der Waals surface area contributed by atoms with E-state index in [0.717, 1.165) is 50.2 Å². The molecule has 0 aliphatic carbocycles. The Labute approximate surface area is 185 Å². The minimum atomic E-state index is -0.434. The first-order chi connectivity index (χ1) is 15.6. The summed E-state index contributed by atoms with van der Waals surface area (Å²) in [6.07, 6.45) is 0.756. The van der Waals surface area contributed by atoms with Crippen molar-refractivity contribution in [1.29, 1.82) is 0 Å². The van der Waals surface area contributed by atoms with Crippen molar-refractivity contribution in [3.05, 3.63) is 71.3 Å². The van der Waals surface area contributed by atoms with Gasteiger partial charge in [-0.05, 0) is 41.6 Å². The molecule has 1 saturated heterocycles. The number of carbonyl (C=O) groups excluding carboxylic acids is 1. The quantitative estimate of drug-likeness (QED) is 0.593. The van der Waals surface area contributed by atoms with Crippen LogP contribution < -0.4 is 15.0 Å². The molecule has 2 heterocycles. The Hall–Kier alpha value is -3.19. The van der Waals surface area contributed by atoms with Crippen molar-refractivity contribution in [2.24, 2.45) is 0 Å². The molecule has 3 aromatic carbocycles. The summed E-state index contributed by atoms with van der Waals surface area (Å²) >= 11 is 0. The maximum Gasteiger partial charge on any atom is 0.252 e. The summed E-state index contributed by atoms with van der Waals surface area (Å²) in [5.41, 5.74) is 2.10. The van der Waals surface area contributed by atoms with E-state index in [-0.39, 0.29) is 17.5 Å². The molecule has 1 fully saturated rings. The molecule has 7 heteroatoms. The summed E-state index contributed by atoms with van der Waals surface area (Å²) < 4.78 is 34.3. The third-order valence-corrected chi connectivity index (χ3v) is 6.26. The molecular formula is C25H25F2N3O2. The highest BCUT2D eigenvalue weighted by Gasteiger charge is 2.22. The molecule has 0 spiro atoms. The van der Waals surface area contributed by atoms with Crippen molar-refractivity contribution in [1.82, 2.24) is 10.2 Å². The van der Waals surface area contributed by atoms with Crippen molar-refractivity contribution < 1.29 is 18.3 Å². The second kappa shape index (κ2) is 8.74. The Kier molecular flexibility index (Phi) is 5.66. The fourth-order valence-corrected chi connectivity index (χ4v) is 4.56. The summed E-state index contributed by atoms with van der Waals surface area (Å²) in [7, 11) is 0. The van der Waals surface area contributed by atoms with Gasteiger partial charge in [0.25, 0.3) is 5.91 Å². The molecule has 1 amide bonds. The van der Waals surface area contributed by atoms with Gasteiger partial charge in [-0.1, -0.05) is 24.3 Å². The Morgan fingerprint density at radius 1 is 0.969 bits per heavy atom. The van der Waals surface area contributed by atoms with Gasteiger partial charge in [-0.25, -0.2) is 8.78 Å². The first kappa shape index (κ1) is 20.7. The zero-order chi connectivity index (χ0) is 22.1. The first-order valence-electron chi connectivity index (χ1n) is 11.0. The van der Waals surface area contributed by atoms with Crippen molar-refractivity contribution in [3.8, 4) is 5.75 Å². The SMILES string of the molecule is O=C1NCc2cc(F)c(OCCCN3CCN(c4cccc5cccc(F)c45)CC3)cc21. The second-order valence-electron chi connectivity index (χ2n) is 8.27. The average Bonchev–Trinajstić information content (AvgIpc) is 3.16. The molecule has 5 nitrogen and oxygen atoms in total. The Bertz CT molecular complexity index is 1150. The lowest BCUT2D eigenvalue weighted by atomic mass is 10.1. The lowest BCUT2D eigenvalue weighted by Crippen LogP contribution is -2.46. The van der Waals surface area contributed by atoms with Gasteiger partial charge < -0.3 is 15.0 Å². The van der Waals surface area contributed by atoms with Crippen molar-refractivity contribution in [2.45, 2.75) is 13.0 Å². The first-order valence-corrected chi connectivity index (χ1v) is 11.0. The van der Waals surface area contributed by atoms with Gasteiger partial charge in [0.15, 0.2) is 11.6 Å². The van der Waals surface area contributed by atoms with Gasteiger partial charge in [0.2, 0.25) is 0 Å². The number of carbonyl (C=O) groups is 1. The summed E-state index contributed by atoms with van der Waals surface area (Å²) in [6, 6.07) is 14.0. The van der Waals surface area contributed by atoms with E-state index in [1.54, 1.807) is 6.07 Å². The van der Waals surface area contributed by atoms with Crippen molar-refractivity contribution in [2.75, 3.05) is 44.2 Å². The molecule has 32 heavy (non-hydrogen) atoms. The van der Waals surface area contributed by atoms with Crippen LogP contribution in [0.1, 0.15) is 22.3 Å². The summed E-state index contributed by atoms with van der Waals surface area (Å²) in [4.78, 5) is 16.3. The van der Waals surface area contributed by atoms with E-state index in [2.05, 4.69) is 15.1 Å². The molecule has 166 valence electrons. The maximum absolute atomic E-state index is 14.4. The topological polar surface area (TPSA) is 44.8 Å². The minimum Gasteiger partial charge on any atom is -0.490 e. The highest BCUT2D eigenvalue weighted by molar-refractivity contribution is 5.98. The zero-order valence-electron chi connectivity index (χ0n) is 17.7. The van der Waals surface area contributed by atoms with Gasteiger partial charge in [-0.3, -0.25) is 9.69 Å². The molecule has 0 radical (unpaired) electrons. The largest absolute Gasteiger partial charge is 0.490 e. The van der Waals surface area contributed by atoms with Crippen LogP contribution in [-0.2, 0) is 6.54 Å². The number of hydrogen-bond donors (Lipinski definition) is 1. The molecule has 1 N–H and O–H groups in total.